The van der Waals surface area contributed by atoms with Crippen LogP contribution >= 0.6 is 0 Å². The van der Waals surface area contributed by atoms with Gasteiger partial charge in [0.1, 0.15) is 0 Å². The lowest BCUT2D eigenvalue weighted by atomic mass is 9.93. The number of ether oxygens (including phenoxy) is 1. The molecule has 2 N–H and O–H groups in total. The molecular weight excluding hydrogens is 180 g/mol. The highest BCUT2D eigenvalue weighted by Gasteiger charge is 2.19. The number of hydrogen-bond donors (Lipinski definition) is 2. The Morgan fingerprint density at radius 3 is 2.79 bits per heavy atom. The number of hydrogen-bond acceptors (Lipinski definition) is 2. The number of carbonyl (C=O) groups excluding carboxylic acids is 1. The van der Waals surface area contributed by atoms with Crippen molar-refractivity contribution in [3.05, 3.63) is 0 Å². The molecule has 1 aliphatic carbocycles. The molecule has 1 rings (SSSR count). The van der Waals surface area contributed by atoms with Crippen LogP contribution in [-0.2, 0) is 4.74 Å². The van der Waals surface area contributed by atoms with Gasteiger partial charge in [-0.1, -0.05) is 0 Å². The molecule has 0 radical (unpaired) electrons. The van der Waals surface area contributed by atoms with E-state index in [0.29, 0.717) is 19.2 Å². The van der Waals surface area contributed by atoms with Gasteiger partial charge in [-0.3, -0.25) is 0 Å². The van der Waals surface area contributed by atoms with Gasteiger partial charge in [0.25, 0.3) is 0 Å². The third-order valence-corrected chi connectivity index (χ3v) is 2.44. The zero-order valence-corrected chi connectivity index (χ0v) is 9.01. The molecular formula is C10H20N2O2. The maximum Gasteiger partial charge on any atom is 0.315 e. The molecule has 4 heteroatoms. The average molecular weight is 200 g/mol. The van der Waals surface area contributed by atoms with E-state index in [9.17, 15) is 4.79 Å². The quantitative estimate of drug-likeness (QED) is 0.702. The van der Waals surface area contributed by atoms with Crippen molar-refractivity contribution in [1.29, 1.82) is 0 Å². The molecule has 1 fully saturated rings. The van der Waals surface area contributed by atoms with Gasteiger partial charge in [0.2, 0.25) is 0 Å². The first-order valence-electron chi connectivity index (χ1n) is 5.38. The average Bonchev–Trinajstić information content (AvgIpc) is 2.09. The van der Waals surface area contributed by atoms with E-state index < -0.39 is 0 Å². The first-order chi connectivity index (χ1) is 6.72. The summed E-state index contributed by atoms with van der Waals surface area (Å²) in [5.74, 6) is 0. The zero-order chi connectivity index (χ0) is 10.4. The maximum absolute atomic E-state index is 11.3. The fourth-order valence-corrected chi connectivity index (χ4v) is 1.37. The van der Waals surface area contributed by atoms with E-state index in [2.05, 4.69) is 10.6 Å². The second-order valence-corrected chi connectivity index (χ2v) is 3.75. The van der Waals surface area contributed by atoms with Gasteiger partial charge < -0.3 is 15.4 Å². The summed E-state index contributed by atoms with van der Waals surface area (Å²) in [5, 5.41) is 5.70. The molecule has 0 heterocycles. The van der Waals surface area contributed by atoms with Gasteiger partial charge in [-0.15, -0.1) is 0 Å². The summed E-state index contributed by atoms with van der Waals surface area (Å²) < 4.78 is 5.30. The Hall–Kier alpha value is -0.770. The molecule has 14 heavy (non-hydrogen) atoms. The second kappa shape index (κ2) is 5.86. The van der Waals surface area contributed by atoms with Crippen LogP contribution in [0.4, 0.5) is 4.79 Å². The van der Waals surface area contributed by atoms with Crippen molar-refractivity contribution >= 4 is 6.03 Å². The minimum absolute atomic E-state index is 0.0683. The highest BCUT2D eigenvalue weighted by molar-refractivity contribution is 5.74. The molecule has 1 saturated carbocycles. The molecule has 0 spiro atoms. The molecule has 2 amide bonds. The molecule has 1 unspecified atom stereocenters. The van der Waals surface area contributed by atoms with Crippen molar-refractivity contribution in [1.82, 2.24) is 10.6 Å². The molecule has 0 saturated heterocycles. The summed E-state index contributed by atoms with van der Waals surface area (Å²) in [6.07, 6.45) is 3.57. The second-order valence-electron chi connectivity index (χ2n) is 3.75. The molecule has 1 aliphatic rings. The fraction of sp³-hybridized carbons (Fsp3) is 0.900. The van der Waals surface area contributed by atoms with E-state index in [4.69, 9.17) is 4.74 Å². The largest absolute Gasteiger partial charge is 0.377 e. The first-order valence-corrected chi connectivity index (χ1v) is 5.38. The van der Waals surface area contributed by atoms with Crippen LogP contribution in [0.1, 0.15) is 33.1 Å². The number of urea groups is 1. The smallest absolute Gasteiger partial charge is 0.315 e. The van der Waals surface area contributed by atoms with Crippen LogP contribution in [0.3, 0.4) is 0 Å². The molecule has 82 valence electrons. The highest BCUT2D eigenvalue weighted by Crippen LogP contribution is 2.17. The Morgan fingerprint density at radius 2 is 2.29 bits per heavy atom. The Bertz CT molecular complexity index is 181. The van der Waals surface area contributed by atoms with Gasteiger partial charge >= 0.3 is 6.03 Å². The topological polar surface area (TPSA) is 50.4 Å². The lowest BCUT2D eigenvalue weighted by Crippen LogP contribution is -2.46. The Kier molecular flexibility index (Phi) is 4.73. The summed E-state index contributed by atoms with van der Waals surface area (Å²) in [6.45, 7) is 5.16. The maximum atomic E-state index is 11.3. The third kappa shape index (κ3) is 3.96. The van der Waals surface area contributed by atoms with E-state index in [1.807, 2.05) is 13.8 Å². The Morgan fingerprint density at radius 1 is 1.57 bits per heavy atom. The lowest BCUT2D eigenvalue weighted by Gasteiger charge is -2.26. The molecule has 0 aliphatic heterocycles. The summed E-state index contributed by atoms with van der Waals surface area (Å²) in [5.41, 5.74) is 0. The summed E-state index contributed by atoms with van der Waals surface area (Å²) in [6, 6.07) is 0.332. The van der Waals surface area contributed by atoms with Crippen molar-refractivity contribution in [2.45, 2.75) is 45.3 Å². The monoisotopic (exact) mass is 200 g/mol. The zero-order valence-electron chi connectivity index (χ0n) is 9.01. The van der Waals surface area contributed by atoms with Crippen molar-refractivity contribution in [2.24, 2.45) is 0 Å². The Balaban J connectivity index is 2.01. The van der Waals surface area contributed by atoms with Crippen LogP contribution in [0.25, 0.3) is 0 Å². The normalized spacial score (nSPS) is 18.4. The van der Waals surface area contributed by atoms with E-state index >= 15 is 0 Å². The van der Waals surface area contributed by atoms with Gasteiger partial charge in [0.15, 0.2) is 0 Å². The minimum atomic E-state index is -0.0683. The van der Waals surface area contributed by atoms with Crippen LogP contribution in [0.15, 0.2) is 0 Å². The Labute approximate surface area is 85.4 Å². The molecule has 0 aromatic rings. The minimum Gasteiger partial charge on any atom is -0.377 e. The molecule has 0 bridgehead atoms. The highest BCUT2D eigenvalue weighted by atomic mass is 16.5. The van der Waals surface area contributed by atoms with Gasteiger partial charge in [0, 0.05) is 19.2 Å². The van der Waals surface area contributed by atoms with Gasteiger partial charge in [-0.25, -0.2) is 4.79 Å². The summed E-state index contributed by atoms with van der Waals surface area (Å²) in [7, 11) is 0. The van der Waals surface area contributed by atoms with Crippen LogP contribution in [0, 0.1) is 0 Å². The third-order valence-electron chi connectivity index (χ3n) is 2.44. The number of rotatable bonds is 5. The van der Waals surface area contributed by atoms with E-state index in [1.54, 1.807) is 0 Å². The molecule has 0 aromatic heterocycles. The number of carbonyl (C=O) groups is 1. The summed E-state index contributed by atoms with van der Waals surface area (Å²) >= 11 is 0. The van der Waals surface area contributed by atoms with Crippen LogP contribution in [0.5, 0.6) is 0 Å². The van der Waals surface area contributed by atoms with E-state index in [-0.39, 0.29) is 12.1 Å². The van der Waals surface area contributed by atoms with Gasteiger partial charge in [-0.2, -0.15) is 0 Å². The number of nitrogens with one attached hydrogen (secondary N) is 2. The summed E-state index contributed by atoms with van der Waals surface area (Å²) in [4.78, 5) is 11.3. The molecule has 0 aromatic carbocycles. The van der Waals surface area contributed by atoms with Crippen LogP contribution < -0.4 is 10.6 Å². The SMILES string of the molecule is CCOC(C)CNC(=O)NC1CCC1. The van der Waals surface area contributed by atoms with Gasteiger partial charge in [-0.05, 0) is 33.1 Å². The van der Waals surface area contributed by atoms with Crippen LogP contribution in [0.2, 0.25) is 0 Å². The van der Waals surface area contributed by atoms with Crippen molar-refractivity contribution < 1.29 is 9.53 Å². The van der Waals surface area contributed by atoms with Crippen molar-refractivity contribution in [3.63, 3.8) is 0 Å². The van der Waals surface area contributed by atoms with Crippen LogP contribution in [-0.4, -0.2) is 31.3 Å². The van der Waals surface area contributed by atoms with Crippen molar-refractivity contribution in [2.75, 3.05) is 13.2 Å². The van der Waals surface area contributed by atoms with Crippen molar-refractivity contribution in [3.8, 4) is 0 Å². The fourth-order valence-electron chi connectivity index (χ4n) is 1.37. The first kappa shape index (κ1) is 11.3. The molecule has 1 atom stereocenters. The standard InChI is InChI=1S/C10H20N2O2/c1-3-14-8(2)7-11-10(13)12-9-5-4-6-9/h8-9H,3-7H2,1-2H3,(H2,11,12,13). The number of amides is 2. The van der Waals surface area contributed by atoms with E-state index in [0.717, 1.165) is 12.8 Å². The predicted octanol–water partition coefficient (Wildman–Crippen LogP) is 1.26. The molecule has 4 nitrogen and oxygen atoms in total. The van der Waals surface area contributed by atoms with Gasteiger partial charge in [0.05, 0.1) is 6.10 Å². The predicted molar refractivity (Wildman–Crippen MR) is 55.3 cm³/mol. The van der Waals surface area contributed by atoms with E-state index in [1.165, 1.54) is 6.42 Å². The lowest BCUT2D eigenvalue weighted by molar-refractivity contribution is 0.0774.